The molecule has 0 radical (unpaired) electrons. The first kappa shape index (κ1) is 12.0. The van der Waals surface area contributed by atoms with Gasteiger partial charge in [-0.2, -0.15) is 4.31 Å². The quantitative estimate of drug-likeness (QED) is 0.683. The van der Waals surface area contributed by atoms with Gasteiger partial charge in [0.05, 0.1) is 5.75 Å². The zero-order valence-electron chi connectivity index (χ0n) is 9.36. The van der Waals surface area contributed by atoms with E-state index in [1.807, 2.05) is 20.8 Å². The van der Waals surface area contributed by atoms with E-state index < -0.39 is 10.0 Å². The second-order valence-electron chi connectivity index (χ2n) is 4.42. The van der Waals surface area contributed by atoms with Crippen LogP contribution in [0.4, 0.5) is 0 Å². The predicted octanol–water partition coefficient (Wildman–Crippen LogP) is 1.85. The average molecular weight is 219 g/mol. The molecule has 0 aromatic rings. The fraction of sp³-hybridized carbons (Fsp3) is 1.00. The Kier molecular flexibility index (Phi) is 3.95. The van der Waals surface area contributed by atoms with E-state index in [1.165, 1.54) is 12.8 Å². The highest BCUT2D eigenvalue weighted by molar-refractivity contribution is 7.89. The third-order valence-corrected chi connectivity index (χ3v) is 4.74. The lowest BCUT2D eigenvalue weighted by atomic mass is 10.3. The topological polar surface area (TPSA) is 37.4 Å². The number of hydrogen-bond acceptors (Lipinski definition) is 2. The normalized spacial score (nSPS) is 18.1. The van der Waals surface area contributed by atoms with Crippen LogP contribution in [0.5, 0.6) is 0 Å². The maximum atomic E-state index is 11.9. The van der Waals surface area contributed by atoms with Crippen LogP contribution < -0.4 is 0 Å². The smallest absolute Gasteiger partial charge is 0.212 e. The van der Waals surface area contributed by atoms with E-state index in [-0.39, 0.29) is 11.8 Å². The van der Waals surface area contributed by atoms with Gasteiger partial charge < -0.3 is 0 Å². The molecule has 1 aliphatic rings. The van der Waals surface area contributed by atoms with Crippen molar-refractivity contribution in [3.8, 4) is 0 Å². The largest absolute Gasteiger partial charge is 0.214 e. The van der Waals surface area contributed by atoms with Crippen molar-refractivity contribution in [3.63, 3.8) is 0 Å². The van der Waals surface area contributed by atoms with E-state index in [0.717, 1.165) is 6.54 Å². The lowest BCUT2D eigenvalue weighted by Crippen LogP contribution is -2.39. The Hall–Kier alpha value is -0.0900. The first-order valence-electron chi connectivity index (χ1n) is 5.47. The second-order valence-corrected chi connectivity index (χ2v) is 6.46. The summed E-state index contributed by atoms with van der Waals surface area (Å²) >= 11 is 0. The van der Waals surface area contributed by atoms with E-state index in [9.17, 15) is 8.42 Å². The van der Waals surface area contributed by atoms with E-state index in [2.05, 4.69) is 0 Å². The lowest BCUT2D eigenvalue weighted by molar-refractivity contribution is 0.341. The molecule has 3 nitrogen and oxygen atoms in total. The molecule has 4 heteroatoms. The number of rotatable bonds is 6. The zero-order valence-corrected chi connectivity index (χ0v) is 10.2. The van der Waals surface area contributed by atoms with Gasteiger partial charge in [-0.15, -0.1) is 0 Å². The van der Waals surface area contributed by atoms with Gasteiger partial charge in [0.25, 0.3) is 0 Å². The molecule has 0 heterocycles. The molecule has 0 aromatic carbocycles. The molecule has 14 heavy (non-hydrogen) atoms. The van der Waals surface area contributed by atoms with E-state index in [4.69, 9.17) is 0 Å². The van der Waals surface area contributed by atoms with Crippen molar-refractivity contribution < 1.29 is 8.42 Å². The van der Waals surface area contributed by atoms with Gasteiger partial charge in [0, 0.05) is 12.6 Å². The van der Waals surface area contributed by atoms with Gasteiger partial charge in [0.2, 0.25) is 10.0 Å². The minimum atomic E-state index is -2.99. The lowest BCUT2D eigenvalue weighted by Gasteiger charge is -2.25. The summed E-state index contributed by atoms with van der Waals surface area (Å²) in [4.78, 5) is 0. The van der Waals surface area contributed by atoms with E-state index in [1.54, 1.807) is 4.31 Å². The van der Waals surface area contributed by atoms with Gasteiger partial charge in [-0.05, 0) is 39.0 Å². The third kappa shape index (κ3) is 3.24. The van der Waals surface area contributed by atoms with Crippen LogP contribution in [0.25, 0.3) is 0 Å². The van der Waals surface area contributed by atoms with Crippen molar-refractivity contribution in [1.82, 2.24) is 4.31 Å². The minimum absolute atomic E-state index is 0.104. The van der Waals surface area contributed by atoms with Crippen molar-refractivity contribution in [2.75, 3.05) is 12.3 Å². The third-order valence-electron chi connectivity index (χ3n) is 2.53. The summed E-state index contributed by atoms with van der Waals surface area (Å²) in [5.74, 6) is 0.918. The Morgan fingerprint density at radius 3 is 2.29 bits per heavy atom. The monoisotopic (exact) mass is 219 g/mol. The van der Waals surface area contributed by atoms with Crippen molar-refractivity contribution >= 4 is 10.0 Å². The molecule has 0 atom stereocenters. The Morgan fingerprint density at radius 1 is 1.36 bits per heavy atom. The maximum Gasteiger partial charge on any atom is 0.214 e. The SMILES string of the molecule is CCCS(=O)(=O)N(CC1CC1)C(C)C. The van der Waals surface area contributed by atoms with Gasteiger partial charge in [-0.1, -0.05) is 6.92 Å². The molecule has 1 fully saturated rings. The highest BCUT2D eigenvalue weighted by Gasteiger charge is 2.31. The molecule has 0 amide bonds. The van der Waals surface area contributed by atoms with Gasteiger partial charge in [0.15, 0.2) is 0 Å². The molecular formula is C10H21NO2S. The van der Waals surface area contributed by atoms with Crippen LogP contribution in [0.15, 0.2) is 0 Å². The summed E-state index contributed by atoms with van der Waals surface area (Å²) in [6, 6.07) is 0.104. The minimum Gasteiger partial charge on any atom is -0.212 e. The summed E-state index contributed by atoms with van der Waals surface area (Å²) in [5.41, 5.74) is 0. The van der Waals surface area contributed by atoms with Gasteiger partial charge >= 0.3 is 0 Å². The van der Waals surface area contributed by atoms with Crippen molar-refractivity contribution in [2.24, 2.45) is 5.92 Å². The Labute approximate surface area is 87.5 Å². The first-order valence-corrected chi connectivity index (χ1v) is 7.07. The summed E-state index contributed by atoms with van der Waals surface area (Å²) in [6.45, 7) is 6.55. The van der Waals surface area contributed by atoms with Crippen molar-refractivity contribution in [3.05, 3.63) is 0 Å². The number of sulfonamides is 1. The average Bonchev–Trinajstić information content (AvgIpc) is 2.81. The molecule has 0 N–H and O–H groups in total. The van der Waals surface area contributed by atoms with Gasteiger partial charge in [0.1, 0.15) is 0 Å². The molecule has 0 aliphatic heterocycles. The van der Waals surface area contributed by atoms with Crippen LogP contribution in [-0.2, 0) is 10.0 Å². The van der Waals surface area contributed by atoms with E-state index >= 15 is 0 Å². The fourth-order valence-corrected chi connectivity index (χ4v) is 3.41. The summed E-state index contributed by atoms with van der Waals surface area (Å²) in [6.07, 6.45) is 3.10. The maximum absolute atomic E-state index is 11.9. The summed E-state index contributed by atoms with van der Waals surface area (Å²) in [7, 11) is -2.99. The Morgan fingerprint density at radius 2 is 1.93 bits per heavy atom. The molecule has 1 saturated carbocycles. The van der Waals surface area contributed by atoms with Crippen LogP contribution in [0, 0.1) is 5.92 Å². The highest BCUT2D eigenvalue weighted by atomic mass is 32.2. The molecule has 1 rings (SSSR count). The molecule has 0 unspecified atom stereocenters. The number of nitrogens with zero attached hydrogens (tertiary/aromatic N) is 1. The molecule has 0 bridgehead atoms. The molecule has 0 aromatic heterocycles. The molecule has 84 valence electrons. The number of hydrogen-bond donors (Lipinski definition) is 0. The van der Waals surface area contributed by atoms with Gasteiger partial charge in [-0.3, -0.25) is 0 Å². The fourth-order valence-electron chi connectivity index (χ4n) is 1.58. The van der Waals surface area contributed by atoms with Crippen molar-refractivity contribution in [2.45, 2.75) is 46.1 Å². The Bertz CT molecular complexity index is 268. The highest BCUT2D eigenvalue weighted by Crippen LogP contribution is 2.31. The van der Waals surface area contributed by atoms with Gasteiger partial charge in [-0.25, -0.2) is 8.42 Å². The Balaban J connectivity index is 2.64. The molecule has 1 aliphatic carbocycles. The molecular weight excluding hydrogens is 198 g/mol. The van der Waals surface area contributed by atoms with Crippen LogP contribution in [0.2, 0.25) is 0 Å². The van der Waals surface area contributed by atoms with Crippen LogP contribution in [0.1, 0.15) is 40.0 Å². The van der Waals surface area contributed by atoms with E-state index in [0.29, 0.717) is 12.3 Å². The molecule has 0 saturated heterocycles. The zero-order chi connectivity index (χ0) is 10.8. The predicted molar refractivity (Wildman–Crippen MR) is 58.6 cm³/mol. The standard InChI is InChI=1S/C10H21NO2S/c1-4-7-14(12,13)11(9(2)3)8-10-5-6-10/h9-10H,4-8H2,1-3H3. The summed E-state index contributed by atoms with van der Waals surface area (Å²) in [5, 5.41) is 0. The van der Waals surface area contributed by atoms with Crippen LogP contribution >= 0.6 is 0 Å². The van der Waals surface area contributed by atoms with Crippen LogP contribution in [0.3, 0.4) is 0 Å². The van der Waals surface area contributed by atoms with Crippen molar-refractivity contribution in [1.29, 1.82) is 0 Å². The summed E-state index contributed by atoms with van der Waals surface area (Å²) < 4.78 is 25.4. The van der Waals surface area contributed by atoms with Crippen LogP contribution in [-0.4, -0.2) is 31.1 Å². The first-order chi connectivity index (χ1) is 6.47. The second kappa shape index (κ2) is 4.62. The molecule has 0 spiro atoms.